The summed E-state index contributed by atoms with van der Waals surface area (Å²) in [4.78, 5) is 0. The van der Waals surface area contributed by atoms with E-state index in [-0.39, 0.29) is 30.0 Å². The van der Waals surface area contributed by atoms with Crippen LogP contribution in [0.5, 0.6) is 0 Å². The highest BCUT2D eigenvalue weighted by atomic mass is 35.5. The Labute approximate surface area is 123 Å². The average molecular weight is 334 g/mol. The van der Waals surface area contributed by atoms with Gasteiger partial charge < -0.3 is 5.73 Å². The van der Waals surface area contributed by atoms with Crippen LogP contribution in [-0.4, -0.2) is 0 Å². The molecule has 1 fully saturated rings. The van der Waals surface area contributed by atoms with E-state index in [1.807, 2.05) is 0 Å². The van der Waals surface area contributed by atoms with Gasteiger partial charge in [0.1, 0.15) is 0 Å². The Kier molecular flexibility index (Phi) is 5.21. The van der Waals surface area contributed by atoms with Gasteiger partial charge in [-0.3, -0.25) is 0 Å². The second kappa shape index (κ2) is 6.04. The van der Waals surface area contributed by atoms with Gasteiger partial charge >= 0.3 is 12.4 Å². The highest BCUT2D eigenvalue weighted by Gasteiger charge is 2.40. The summed E-state index contributed by atoms with van der Waals surface area (Å²) in [5.41, 5.74) is 2.93. The minimum atomic E-state index is -4.85. The Balaban J connectivity index is 0.00000220. The quantitative estimate of drug-likeness (QED) is 0.762. The molecular formula is C13H14ClF6N. The van der Waals surface area contributed by atoms with Gasteiger partial charge in [-0.2, -0.15) is 26.3 Å². The molecule has 0 amide bonds. The second-order valence-corrected chi connectivity index (χ2v) is 5.01. The first-order valence-electron chi connectivity index (χ1n) is 6.14. The molecule has 0 saturated heterocycles. The molecule has 1 atom stereocenters. The van der Waals surface area contributed by atoms with E-state index in [9.17, 15) is 26.3 Å². The molecule has 0 unspecified atom stereocenters. The topological polar surface area (TPSA) is 26.0 Å². The van der Waals surface area contributed by atoms with Gasteiger partial charge in [0.15, 0.2) is 0 Å². The van der Waals surface area contributed by atoms with Crippen molar-refractivity contribution in [2.45, 2.75) is 37.7 Å². The Bertz CT molecular complexity index is 492. The Hall–Kier alpha value is -0.950. The molecule has 0 spiro atoms. The number of rotatable bonds is 2. The molecule has 0 radical (unpaired) electrons. The molecule has 8 heteroatoms. The first-order chi connectivity index (χ1) is 9.10. The van der Waals surface area contributed by atoms with Gasteiger partial charge in [-0.05, 0) is 36.5 Å². The number of benzene rings is 1. The summed E-state index contributed by atoms with van der Waals surface area (Å²) in [6.07, 6.45) is -7.35. The van der Waals surface area contributed by atoms with E-state index >= 15 is 0 Å². The summed E-state index contributed by atoms with van der Waals surface area (Å²) >= 11 is 0. The third kappa shape index (κ3) is 3.83. The van der Waals surface area contributed by atoms with Gasteiger partial charge in [0.25, 0.3) is 0 Å². The normalized spacial score (nSPS) is 17.9. The summed E-state index contributed by atoms with van der Waals surface area (Å²) in [5, 5.41) is 0. The van der Waals surface area contributed by atoms with Crippen molar-refractivity contribution in [3.05, 3.63) is 34.9 Å². The molecule has 1 nitrogen and oxygen atoms in total. The fourth-order valence-corrected chi connectivity index (χ4v) is 2.32. The molecule has 0 bridgehead atoms. The lowest BCUT2D eigenvalue weighted by atomic mass is 9.76. The van der Waals surface area contributed by atoms with E-state index in [2.05, 4.69) is 0 Å². The number of hydrogen-bond donors (Lipinski definition) is 1. The summed E-state index contributed by atoms with van der Waals surface area (Å²) in [6, 6.07) is 0.786. The molecule has 1 aliphatic rings. The Morgan fingerprint density at radius 3 is 1.95 bits per heavy atom. The van der Waals surface area contributed by atoms with Gasteiger partial charge in [0, 0.05) is 6.04 Å². The molecule has 21 heavy (non-hydrogen) atoms. The predicted octanol–water partition coefficient (Wildman–Crippen LogP) is 4.95. The average Bonchev–Trinajstić information content (AvgIpc) is 2.23. The molecule has 1 saturated carbocycles. The molecular weight excluding hydrogens is 320 g/mol. The van der Waals surface area contributed by atoms with Crippen molar-refractivity contribution in [1.82, 2.24) is 0 Å². The van der Waals surface area contributed by atoms with Gasteiger partial charge in [-0.1, -0.05) is 12.5 Å². The number of halogens is 7. The first kappa shape index (κ1) is 18.1. The Morgan fingerprint density at radius 2 is 1.57 bits per heavy atom. The smallest absolute Gasteiger partial charge is 0.324 e. The van der Waals surface area contributed by atoms with E-state index in [0.29, 0.717) is 18.9 Å². The molecule has 2 rings (SSSR count). The number of alkyl halides is 6. The summed E-state index contributed by atoms with van der Waals surface area (Å²) < 4.78 is 76.4. The predicted molar refractivity (Wildman–Crippen MR) is 68.0 cm³/mol. The van der Waals surface area contributed by atoms with Gasteiger partial charge in [-0.25, -0.2) is 0 Å². The van der Waals surface area contributed by atoms with E-state index in [0.717, 1.165) is 12.5 Å². The molecule has 0 heterocycles. The zero-order valence-electron chi connectivity index (χ0n) is 10.8. The minimum absolute atomic E-state index is 0. The van der Waals surface area contributed by atoms with Crippen molar-refractivity contribution in [2.24, 2.45) is 11.7 Å². The van der Waals surface area contributed by atoms with Crippen LogP contribution in [0, 0.1) is 5.92 Å². The molecule has 1 aromatic carbocycles. The summed E-state index contributed by atoms with van der Waals surface area (Å²) in [6.45, 7) is 0. The third-order valence-corrected chi connectivity index (χ3v) is 3.70. The highest BCUT2D eigenvalue weighted by molar-refractivity contribution is 5.85. The van der Waals surface area contributed by atoms with Crippen LogP contribution in [0.1, 0.15) is 42.0 Å². The minimum Gasteiger partial charge on any atom is -0.324 e. The number of nitrogens with two attached hydrogens (primary N) is 1. The van der Waals surface area contributed by atoms with Gasteiger partial charge in [-0.15, -0.1) is 12.4 Å². The SMILES string of the molecule is Cl.N[C@@H](c1ccc(C(F)(F)F)cc1C(F)(F)F)C1CCC1. The lowest BCUT2D eigenvalue weighted by molar-refractivity contribution is -0.143. The Morgan fingerprint density at radius 1 is 1.00 bits per heavy atom. The molecule has 1 aromatic rings. The van der Waals surface area contributed by atoms with Crippen molar-refractivity contribution in [2.75, 3.05) is 0 Å². The molecule has 120 valence electrons. The highest BCUT2D eigenvalue weighted by Crippen LogP contribution is 2.43. The maximum absolute atomic E-state index is 12.9. The number of hydrogen-bond acceptors (Lipinski definition) is 1. The lowest BCUT2D eigenvalue weighted by Gasteiger charge is -2.33. The van der Waals surface area contributed by atoms with Gasteiger partial charge in [0.2, 0.25) is 0 Å². The monoisotopic (exact) mass is 333 g/mol. The molecule has 0 aliphatic heterocycles. The van der Waals surface area contributed by atoms with Crippen LogP contribution < -0.4 is 5.73 Å². The molecule has 0 aromatic heterocycles. The van der Waals surface area contributed by atoms with Crippen molar-refractivity contribution >= 4 is 12.4 Å². The van der Waals surface area contributed by atoms with Crippen LogP contribution >= 0.6 is 12.4 Å². The molecule has 1 aliphatic carbocycles. The summed E-state index contributed by atoms with van der Waals surface area (Å²) in [7, 11) is 0. The van der Waals surface area contributed by atoms with Crippen LogP contribution in [0.25, 0.3) is 0 Å². The van der Waals surface area contributed by atoms with Crippen LogP contribution in [0.2, 0.25) is 0 Å². The van der Waals surface area contributed by atoms with Crippen LogP contribution in [-0.2, 0) is 12.4 Å². The van der Waals surface area contributed by atoms with Gasteiger partial charge in [0.05, 0.1) is 11.1 Å². The van der Waals surface area contributed by atoms with Crippen LogP contribution in [0.4, 0.5) is 26.3 Å². The summed E-state index contributed by atoms with van der Waals surface area (Å²) in [5.74, 6) is -0.0900. The lowest BCUT2D eigenvalue weighted by Crippen LogP contribution is -2.29. The van der Waals surface area contributed by atoms with E-state index in [1.165, 1.54) is 0 Å². The van der Waals surface area contributed by atoms with E-state index in [1.54, 1.807) is 0 Å². The van der Waals surface area contributed by atoms with Crippen molar-refractivity contribution in [1.29, 1.82) is 0 Å². The fourth-order valence-electron chi connectivity index (χ4n) is 2.32. The standard InChI is InChI=1S/C13H13F6N.ClH/c14-12(15,16)8-4-5-9(10(6-8)13(17,18)19)11(20)7-2-1-3-7;/h4-7,11H,1-3,20H2;1H/t11-;/m1./s1. The maximum Gasteiger partial charge on any atom is 0.416 e. The van der Waals surface area contributed by atoms with E-state index in [4.69, 9.17) is 5.73 Å². The van der Waals surface area contributed by atoms with Crippen molar-refractivity contribution in [3.8, 4) is 0 Å². The van der Waals surface area contributed by atoms with Crippen molar-refractivity contribution in [3.63, 3.8) is 0 Å². The largest absolute Gasteiger partial charge is 0.416 e. The second-order valence-electron chi connectivity index (χ2n) is 5.01. The van der Waals surface area contributed by atoms with Crippen LogP contribution in [0.3, 0.4) is 0 Å². The third-order valence-electron chi connectivity index (χ3n) is 3.70. The molecule has 2 N–H and O–H groups in total. The fraction of sp³-hybridized carbons (Fsp3) is 0.538. The zero-order valence-corrected chi connectivity index (χ0v) is 11.6. The van der Waals surface area contributed by atoms with Crippen molar-refractivity contribution < 1.29 is 26.3 Å². The van der Waals surface area contributed by atoms with E-state index < -0.39 is 29.5 Å². The first-order valence-corrected chi connectivity index (χ1v) is 6.14. The van der Waals surface area contributed by atoms with Crippen LogP contribution in [0.15, 0.2) is 18.2 Å². The maximum atomic E-state index is 12.9. The zero-order chi connectivity index (χ0) is 15.1.